The van der Waals surface area contributed by atoms with Crippen molar-refractivity contribution in [2.45, 2.75) is 19.9 Å². The molecule has 0 spiro atoms. The second-order valence-corrected chi connectivity index (χ2v) is 5.28. The van der Waals surface area contributed by atoms with E-state index in [0.717, 1.165) is 5.56 Å². The van der Waals surface area contributed by atoms with Crippen molar-refractivity contribution in [2.75, 3.05) is 12.4 Å². The molecular weight excluding hydrogens is 292 g/mol. The lowest BCUT2D eigenvalue weighted by atomic mass is 10.1. The van der Waals surface area contributed by atoms with E-state index in [2.05, 4.69) is 15.7 Å². The molecule has 0 aliphatic rings. The Morgan fingerprint density at radius 3 is 2.48 bits per heavy atom. The van der Waals surface area contributed by atoms with Gasteiger partial charge in [0.25, 0.3) is 5.91 Å². The van der Waals surface area contributed by atoms with Gasteiger partial charge in [0, 0.05) is 30.8 Å². The van der Waals surface area contributed by atoms with E-state index in [9.17, 15) is 9.59 Å². The van der Waals surface area contributed by atoms with E-state index < -0.39 is 0 Å². The largest absolute Gasteiger partial charge is 0.355 e. The number of amides is 2. The third kappa shape index (κ3) is 4.29. The molecule has 2 aromatic rings. The third-order valence-electron chi connectivity index (χ3n) is 3.24. The maximum atomic E-state index is 12.0. The summed E-state index contributed by atoms with van der Waals surface area (Å²) >= 11 is 0. The van der Waals surface area contributed by atoms with E-state index in [0.29, 0.717) is 11.4 Å². The zero-order valence-corrected chi connectivity index (χ0v) is 13.4. The minimum absolute atomic E-state index is 0.139. The summed E-state index contributed by atoms with van der Waals surface area (Å²) < 4.78 is 1.74. The molecule has 0 atom stereocenters. The smallest absolute Gasteiger partial charge is 0.251 e. The van der Waals surface area contributed by atoms with Crippen LogP contribution in [0.1, 0.15) is 35.8 Å². The number of rotatable bonds is 5. The Kier molecular flexibility index (Phi) is 5.30. The van der Waals surface area contributed by atoms with E-state index in [-0.39, 0.29) is 17.9 Å². The first-order valence-corrected chi connectivity index (χ1v) is 7.36. The molecule has 2 amide bonds. The molecule has 6 heteroatoms. The number of carbonyl (C=O) groups excluding carboxylic acids is 2. The third-order valence-corrected chi connectivity index (χ3v) is 3.24. The molecule has 0 bridgehead atoms. The van der Waals surface area contributed by atoms with Gasteiger partial charge in [-0.25, -0.2) is 4.68 Å². The molecule has 2 N–H and O–H groups in total. The number of anilines is 1. The molecule has 120 valence electrons. The fourth-order valence-corrected chi connectivity index (χ4v) is 2.05. The van der Waals surface area contributed by atoms with Crippen LogP contribution in [0.25, 0.3) is 6.08 Å². The highest BCUT2D eigenvalue weighted by atomic mass is 16.2. The molecule has 1 aromatic carbocycles. The van der Waals surface area contributed by atoms with Crippen LogP contribution >= 0.6 is 0 Å². The van der Waals surface area contributed by atoms with Gasteiger partial charge in [0.15, 0.2) is 0 Å². The number of hydrogen-bond donors (Lipinski definition) is 2. The summed E-state index contributed by atoms with van der Waals surface area (Å²) in [6.07, 6.45) is 4.79. The van der Waals surface area contributed by atoms with E-state index in [1.165, 1.54) is 6.08 Å². The summed E-state index contributed by atoms with van der Waals surface area (Å²) in [4.78, 5) is 23.4. The summed E-state index contributed by atoms with van der Waals surface area (Å²) in [5.41, 5.74) is 1.42. The maximum Gasteiger partial charge on any atom is 0.251 e. The molecule has 0 unspecified atom stereocenters. The summed E-state index contributed by atoms with van der Waals surface area (Å²) in [5.74, 6) is 0.285. The highest BCUT2D eigenvalue weighted by Gasteiger charge is 2.07. The first-order chi connectivity index (χ1) is 11.0. The van der Waals surface area contributed by atoms with Gasteiger partial charge in [-0.15, -0.1) is 0 Å². The van der Waals surface area contributed by atoms with Crippen molar-refractivity contribution in [3.8, 4) is 0 Å². The van der Waals surface area contributed by atoms with Crippen molar-refractivity contribution < 1.29 is 9.59 Å². The van der Waals surface area contributed by atoms with Crippen molar-refractivity contribution >= 4 is 23.7 Å². The second-order valence-electron chi connectivity index (χ2n) is 5.28. The quantitative estimate of drug-likeness (QED) is 0.833. The molecular formula is C17H20N4O2. The number of nitrogens with zero attached hydrogens (tertiary/aromatic N) is 2. The van der Waals surface area contributed by atoms with Gasteiger partial charge in [0.2, 0.25) is 5.91 Å². The highest BCUT2D eigenvalue weighted by molar-refractivity contribution is 6.01. The van der Waals surface area contributed by atoms with Crippen molar-refractivity contribution in [3.63, 3.8) is 0 Å². The lowest BCUT2D eigenvalue weighted by Crippen LogP contribution is -2.17. The molecule has 23 heavy (non-hydrogen) atoms. The monoisotopic (exact) mass is 312 g/mol. The van der Waals surface area contributed by atoms with E-state index in [1.54, 1.807) is 54.3 Å². The summed E-state index contributed by atoms with van der Waals surface area (Å²) in [6.45, 7) is 3.99. The number of benzene rings is 1. The fraction of sp³-hybridized carbons (Fsp3) is 0.235. The SMILES string of the molecule is CNC(=O)c1ccc(/C=C\C(=O)Nc2ccnn2C(C)C)cc1. The first kappa shape index (κ1) is 16.5. The zero-order chi connectivity index (χ0) is 16.8. The molecule has 1 heterocycles. The van der Waals surface area contributed by atoms with Crippen molar-refractivity contribution in [1.29, 1.82) is 0 Å². The summed E-state index contributed by atoms with van der Waals surface area (Å²) in [7, 11) is 1.59. The fourth-order valence-electron chi connectivity index (χ4n) is 2.05. The molecule has 2 rings (SSSR count). The Bertz CT molecular complexity index is 714. The Morgan fingerprint density at radius 1 is 1.17 bits per heavy atom. The standard InChI is InChI=1S/C17H20N4O2/c1-12(2)21-15(10-11-19-21)20-16(22)9-6-13-4-7-14(8-5-13)17(23)18-3/h4-12H,1-3H3,(H,18,23)(H,20,22)/b9-6-. The van der Waals surface area contributed by atoms with Gasteiger partial charge >= 0.3 is 0 Å². The normalized spacial score (nSPS) is 11.0. The second kappa shape index (κ2) is 7.40. The number of aromatic nitrogens is 2. The first-order valence-electron chi connectivity index (χ1n) is 7.36. The molecule has 0 saturated heterocycles. The molecule has 0 radical (unpaired) electrons. The molecule has 0 aliphatic heterocycles. The zero-order valence-electron chi connectivity index (χ0n) is 13.4. The molecule has 6 nitrogen and oxygen atoms in total. The van der Waals surface area contributed by atoms with Gasteiger partial charge in [-0.2, -0.15) is 5.10 Å². The van der Waals surface area contributed by atoms with Crippen LogP contribution < -0.4 is 10.6 Å². The van der Waals surface area contributed by atoms with Gasteiger partial charge in [-0.05, 0) is 37.6 Å². The molecule has 0 saturated carbocycles. The minimum atomic E-state index is -0.234. The van der Waals surface area contributed by atoms with Crippen LogP contribution in [-0.4, -0.2) is 28.6 Å². The van der Waals surface area contributed by atoms with E-state index in [1.807, 2.05) is 13.8 Å². The molecule has 0 fully saturated rings. The maximum absolute atomic E-state index is 12.0. The van der Waals surface area contributed by atoms with E-state index in [4.69, 9.17) is 0 Å². The Morgan fingerprint density at radius 2 is 1.87 bits per heavy atom. The average Bonchev–Trinajstić information content (AvgIpc) is 3.01. The van der Waals surface area contributed by atoms with Crippen LogP contribution in [0.15, 0.2) is 42.6 Å². The Labute approximate surface area is 135 Å². The van der Waals surface area contributed by atoms with Gasteiger partial charge in [0.1, 0.15) is 5.82 Å². The number of nitrogens with one attached hydrogen (secondary N) is 2. The van der Waals surface area contributed by atoms with Crippen molar-refractivity contribution in [2.24, 2.45) is 0 Å². The van der Waals surface area contributed by atoms with Crippen LogP contribution in [0, 0.1) is 0 Å². The number of carbonyl (C=O) groups is 2. The topological polar surface area (TPSA) is 76.0 Å². The molecule has 1 aromatic heterocycles. The minimum Gasteiger partial charge on any atom is -0.355 e. The van der Waals surface area contributed by atoms with Gasteiger partial charge in [-0.3, -0.25) is 9.59 Å². The van der Waals surface area contributed by atoms with Crippen molar-refractivity contribution in [3.05, 3.63) is 53.7 Å². The summed E-state index contributed by atoms with van der Waals surface area (Å²) in [6, 6.07) is 8.92. The van der Waals surface area contributed by atoms with Crippen LogP contribution in [0.2, 0.25) is 0 Å². The van der Waals surface area contributed by atoms with E-state index >= 15 is 0 Å². The number of hydrogen-bond acceptors (Lipinski definition) is 3. The van der Waals surface area contributed by atoms with Gasteiger partial charge < -0.3 is 10.6 Å². The van der Waals surface area contributed by atoms with Gasteiger partial charge in [0.05, 0.1) is 6.20 Å². The molecule has 0 aliphatic carbocycles. The van der Waals surface area contributed by atoms with Crippen molar-refractivity contribution in [1.82, 2.24) is 15.1 Å². The van der Waals surface area contributed by atoms with Crippen LogP contribution in [0.4, 0.5) is 5.82 Å². The predicted octanol–water partition coefficient (Wildman–Crippen LogP) is 2.48. The predicted molar refractivity (Wildman–Crippen MR) is 90.1 cm³/mol. The van der Waals surface area contributed by atoms with Crippen LogP contribution in [0.5, 0.6) is 0 Å². The van der Waals surface area contributed by atoms with Crippen LogP contribution in [0.3, 0.4) is 0 Å². The highest BCUT2D eigenvalue weighted by Crippen LogP contribution is 2.13. The average molecular weight is 312 g/mol. The summed E-state index contributed by atoms with van der Waals surface area (Å²) in [5, 5.41) is 9.51. The Balaban J connectivity index is 2.01. The Hall–Kier alpha value is -2.89. The lowest BCUT2D eigenvalue weighted by Gasteiger charge is -2.10. The van der Waals surface area contributed by atoms with Crippen LogP contribution in [-0.2, 0) is 4.79 Å². The van der Waals surface area contributed by atoms with Gasteiger partial charge in [-0.1, -0.05) is 12.1 Å². The lowest BCUT2D eigenvalue weighted by molar-refractivity contribution is -0.111.